The fourth-order valence-corrected chi connectivity index (χ4v) is 3.65. The third-order valence-corrected chi connectivity index (χ3v) is 4.84. The van der Waals surface area contributed by atoms with Gasteiger partial charge in [0, 0.05) is 41.9 Å². The van der Waals surface area contributed by atoms with Gasteiger partial charge in [-0.15, -0.1) is 5.10 Å². The second kappa shape index (κ2) is 8.48. The van der Waals surface area contributed by atoms with E-state index >= 15 is 0 Å². The molecule has 0 radical (unpaired) electrons. The van der Waals surface area contributed by atoms with E-state index in [1.54, 1.807) is 14.2 Å². The first-order chi connectivity index (χ1) is 13.5. The minimum Gasteiger partial charge on any atom is -0.494 e. The van der Waals surface area contributed by atoms with Gasteiger partial charge in [0.25, 0.3) is 0 Å². The highest BCUT2D eigenvalue weighted by molar-refractivity contribution is 5.98. The van der Waals surface area contributed by atoms with Crippen molar-refractivity contribution >= 4 is 16.6 Å². The lowest BCUT2D eigenvalue weighted by molar-refractivity contribution is 0.210. The van der Waals surface area contributed by atoms with Crippen molar-refractivity contribution in [1.82, 2.24) is 14.8 Å². The molecule has 7 nitrogen and oxygen atoms in total. The highest BCUT2D eigenvalue weighted by Crippen LogP contribution is 2.37. The van der Waals surface area contributed by atoms with E-state index in [1.807, 2.05) is 32.0 Å². The zero-order valence-electron chi connectivity index (χ0n) is 17.4. The molecule has 0 unspecified atom stereocenters. The molecule has 0 saturated heterocycles. The van der Waals surface area contributed by atoms with Gasteiger partial charge in [-0.1, -0.05) is 0 Å². The highest BCUT2D eigenvalue weighted by Gasteiger charge is 2.21. The third kappa shape index (κ3) is 3.49. The number of rotatable bonds is 8. The first kappa shape index (κ1) is 19.9. The lowest BCUT2D eigenvalue weighted by Gasteiger charge is -2.15. The lowest BCUT2D eigenvalue weighted by Crippen LogP contribution is -2.10. The van der Waals surface area contributed by atoms with Crippen molar-refractivity contribution < 1.29 is 14.2 Å². The first-order valence-corrected chi connectivity index (χ1v) is 9.42. The summed E-state index contributed by atoms with van der Waals surface area (Å²) in [6.07, 6.45) is 0. The van der Waals surface area contributed by atoms with E-state index in [0.29, 0.717) is 19.8 Å². The Bertz CT molecular complexity index is 982. The predicted molar refractivity (Wildman–Crippen MR) is 111 cm³/mol. The quantitative estimate of drug-likeness (QED) is 0.596. The Balaban J connectivity index is 2.20. The molecule has 3 aromatic rings. The summed E-state index contributed by atoms with van der Waals surface area (Å²) in [5, 5.41) is 14.3. The van der Waals surface area contributed by atoms with Crippen molar-refractivity contribution in [2.24, 2.45) is 0 Å². The summed E-state index contributed by atoms with van der Waals surface area (Å²) in [4.78, 5) is 0. The summed E-state index contributed by atoms with van der Waals surface area (Å²) >= 11 is 0. The molecule has 0 atom stereocenters. The number of fused-ring (bicyclic) bond motifs is 1. The maximum Gasteiger partial charge on any atom is 0.158 e. The maximum absolute atomic E-state index is 5.67. The summed E-state index contributed by atoms with van der Waals surface area (Å²) < 4.78 is 18.6. The molecule has 0 bridgehead atoms. The van der Waals surface area contributed by atoms with Crippen molar-refractivity contribution in [3.8, 4) is 17.2 Å². The molecular weight excluding hydrogens is 356 g/mol. The topological polar surface area (TPSA) is 70.4 Å². The molecule has 0 aliphatic rings. The maximum atomic E-state index is 5.67. The van der Waals surface area contributed by atoms with Crippen LogP contribution in [-0.2, 0) is 4.74 Å². The smallest absolute Gasteiger partial charge is 0.158 e. The normalized spacial score (nSPS) is 11.1. The van der Waals surface area contributed by atoms with Crippen LogP contribution in [0.3, 0.4) is 0 Å². The molecule has 7 heteroatoms. The van der Waals surface area contributed by atoms with Crippen molar-refractivity contribution in [2.75, 3.05) is 39.3 Å². The molecule has 0 aliphatic heterocycles. The van der Waals surface area contributed by atoms with Gasteiger partial charge in [0.2, 0.25) is 0 Å². The van der Waals surface area contributed by atoms with Gasteiger partial charge in [0.05, 0.1) is 31.7 Å². The monoisotopic (exact) mass is 384 g/mol. The number of methoxy groups -OCH3 is 2. The number of nitrogens with one attached hydrogen (secondary N) is 1. The SMILES string of the molecule is CCOc1ccc(-n2c(C)c3c(C)nnc(NCCOC)c3c2C)c(OC)c1. The number of aromatic nitrogens is 3. The minimum atomic E-state index is 0.600. The van der Waals surface area contributed by atoms with Gasteiger partial charge in [-0.25, -0.2) is 0 Å². The standard InChI is InChI=1S/C21H28N4O3/c1-7-28-16-8-9-17(18(12-16)27-6)25-14(3)19-13(2)23-24-21(20(19)15(25)4)22-10-11-26-5/h8-9,12H,7,10-11H2,1-6H3,(H,22,24). The molecule has 1 aromatic carbocycles. The lowest BCUT2D eigenvalue weighted by atomic mass is 10.1. The van der Waals surface area contributed by atoms with Crippen LogP contribution >= 0.6 is 0 Å². The van der Waals surface area contributed by atoms with Crippen LogP contribution < -0.4 is 14.8 Å². The van der Waals surface area contributed by atoms with E-state index < -0.39 is 0 Å². The van der Waals surface area contributed by atoms with Gasteiger partial charge in [-0.2, -0.15) is 5.10 Å². The molecule has 2 aromatic heterocycles. The van der Waals surface area contributed by atoms with Crippen molar-refractivity contribution in [3.63, 3.8) is 0 Å². The molecule has 3 rings (SSSR count). The number of hydrogen-bond donors (Lipinski definition) is 1. The summed E-state index contributed by atoms with van der Waals surface area (Å²) in [6.45, 7) is 10.0. The van der Waals surface area contributed by atoms with E-state index in [-0.39, 0.29) is 0 Å². The second-order valence-corrected chi connectivity index (χ2v) is 6.58. The largest absolute Gasteiger partial charge is 0.494 e. The molecule has 0 fully saturated rings. The highest BCUT2D eigenvalue weighted by atomic mass is 16.5. The number of benzene rings is 1. The van der Waals surface area contributed by atoms with E-state index in [1.165, 1.54) is 0 Å². The molecule has 0 spiro atoms. The third-order valence-electron chi connectivity index (χ3n) is 4.84. The fraction of sp³-hybridized carbons (Fsp3) is 0.429. The van der Waals surface area contributed by atoms with E-state index in [2.05, 4.69) is 33.9 Å². The van der Waals surface area contributed by atoms with E-state index in [0.717, 1.165) is 50.9 Å². The average molecular weight is 384 g/mol. The van der Waals surface area contributed by atoms with Crippen LogP contribution in [0.15, 0.2) is 18.2 Å². The molecule has 0 saturated carbocycles. The zero-order valence-corrected chi connectivity index (χ0v) is 17.4. The van der Waals surface area contributed by atoms with Crippen LogP contribution in [0, 0.1) is 20.8 Å². The average Bonchev–Trinajstić information content (AvgIpc) is 2.95. The Morgan fingerprint density at radius 3 is 2.46 bits per heavy atom. The van der Waals surface area contributed by atoms with Crippen LogP contribution in [0.25, 0.3) is 16.5 Å². The van der Waals surface area contributed by atoms with Gasteiger partial charge in [-0.3, -0.25) is 0 Å². The Morgan fingerprint density at radius 1 is 1.04 bits per heavy atom. The molecular formula is C21H28N4O3. The van der Waals surface area contributed by atoms with E-state index in [9.17, 15) is 0 Å². The Labute approximate surface area is 165 Å². The molecule has 2 heterocycles. The van der Waals surface area contributed by atoms with Crippen molar-refractivity contribution in [1.29, 1.82) is 0 Å². The second-order valence-electron chi connectivity index (χ2n) is 6.58. The number of hydrogen-bond acceptors (Lipinski definition) is 6. The van der Waals surface area contributed by atoms with E-state index in [4.69, 9.17) is 14.2 Å². The summed E-state index contributed by atoms with van der Waals surface area (Å²) in [5.74, 6) is 2.31. The van der Waals surface area contributed by atoms with Crippen LogP contribution in [0.4, 0.5) is 5.82 Å². The minimum absolute atomic E-state index is 0.600. The summed E-state index contributed by atoms with van der Waals surface area (Å²) in [6, 6.07) is 5.91. The van der Waals surface area contributed by atoms with Gasteiger partial charge < -0.3 is 24.1 Å². The number of nitrogens with zero attached hydrogens (tertiary/aromatic N) is 3. The van der Waals surface area contributed by atoms with Gasteiger partial charge in [0.1, 0.15) is 11.5 Å². The molecule has 1 N–H and O–H groups in total. The van der Waals surface area contributed by atoms with Crippen molar-refractivity contribution in [3.05, 3.63) is 35.3 Å². The van der Waals surface area contributed by atoms with Crippen LogP contribution in [0.5, 0.6) is 11.5 Å². The van der Waals surface area contributed by atoms with Gasteiger partial charge in [-0.05, 0) is 39.8 Å². The molecule has 0 aliphatic carbocycles. The Morgan fingerprint density at radius 2 is 1.79 bits per heavy atom. The fourth-order valence-electron chi connectivity index (χ4n) is 3.65. The predicted octanol–water partition coefficient (Wildman–Crippen LogP) is 3.81. The number of ether oxygens (including phenoxy) is 3. The van der Waals surface area contributed by atoms with Crippen LogP contribution in [0.2, 0.25) is 0 Å². The van der Waals surface area contributed by atoms with Crippen LogP contribution in [0.1, 0.15) is 24.0 Å². The summed E-state index contributed by atoms with van der Waals surface area (Å²) in [5.41, 5.74) is 4.03. The summed E-state index contributed by atoms with van der Waals surface area (Å²) in [7, 11) is 3.36. The Kier molecular flexibility index (Phi) is 6.04. The van der Waals surface area contributed by atoms with Gasteiger partial charge >= 0.3 is 0 Å². The molecule has 150 valence electrons. The Hall–Kier alpha value is -2.80. The zero-order chi connectivity index (χ0) is 20.3. The molecule has 28 heavy (non-hydrogen) atoms. The van der Waals surface area contributed by atoms with Crippen LogP contribution in [-0.4, -0.2) is 48.7 Å². The first-order valence-electron chi connectivity index (χ1n) is 9.42. The van der Waals surface area contributed by atoms with Gasteiger partial charge in [0.15, 0.2) is 5.82 Å². The van der Waals surface area contributed by atoms with Crippen molar-refractivity contribution in [2.45, 2.75) is 27.7 Å². The number of aryl methyl sites for hydroxylation is 3. The number of anilines is 1. The molecule has 0 amide bonds.